The molecular formula is C12H24ClF. The molecule has 0 saturated carbocycles. The molecule has 0 radical (unpaired) electrons. The van der Waals surface area contributed by atoms with E-state index in [0.29, 0.717) is 6.42 Å². The van der Waals surface area contributed by atoms with Gasteiger partial charge in [0.25, 0.3) is 0 Å². The minimum Gasteiger partial charge on any atom is -0.230 e. The van der Waals surface area contributed by atoms with Crippen molar-refractivity contribution in [3.05, 3.63) is 0 Å². The van der Waals surface area contributed by atoms with E-state index in [1.165, 1.54) is 44.9 Å². The number of rotatable bonds is 10. The average molecular weight is 223 g/mol. The van der Waals surface area contributed by atoms with E-state index in [0.717, 1.165) is 12.8 Å². The Morgan fingerprint density at radius 1 is 0.857 bits per heavy atom. The van der Waals surface area contributed by atoms with E-state index in [-0.39, 0.29) is 0 Å². The minimum absolute atomic E-state index is 0.525. The quantitative estimate of drug-likeness (QED) is 0.341. The molecule has 0 aliphatic heterocycles. The highest BCUT2D eigenvalue weighted by atomic mass is 35.5. The van der Waals surface area contributed by atoms with Gasteiger partial charge in [-0.2, -0.15) is 0 Å². The summed E-state index contributed by atoms with van der Waals surface area (Å²) in [6.07, 6.45) is 11.9. The van der Waals surface area contributed by atoms with Crippen molar-refractivity contribution in [1.29, 1.82) is 0 Å². The van der Waals surface area contributed by atoms with Gasteiger partial charge >= 0.3 is 0 Å². The van der Waals surface area contributed by atoms with Gasteiger partial charge in [-0.3, -0.25) is 0 Å². The van der Waals surface area contributed by atoms with E-state index in [1.807, 2.05) is 0 Å². The Hall–Kier alpha value is 0.220. The Morgan fingerprint density at radius 2 is 1.29 bits per heavy atom. The van der Waals surface area contributed by atoms with Crippen LogP contribution >= 0.6 is 11.6 Å². The zero-order chi connectivity index (χ0) is 10.6. The molecule has 0 aromatic carbocycles. The first-order chi connectivity index (χ1) is 6.77. The number of halogens is 2. The lowest BCUT2D eigenvalue weighted by Gasteiger charge is -2.01. The monoisotopic (exact) mass is 222 g/mol. The van der Waals surface area contributed by atoms with Crippen LogP contribution in [0, 0.1) is 0 Å². The summed E-state index contributed by atoms with van der Waals surface area (Å²) in [7, 11) is 0. The highest BCUT2D eigenvalue weighted by Crippen LogP contribution is 2.13. The molecule has 0 aromatic rings. The zero-order valence-corrected chi connectivity index (χ0v) is 10.2. The lowest BCUT2D eigenvalue weighted by molar-refractivity contribution is 0.403. The first kappa shape index (κ1) is 14.2. The number of hydrogen-bond donors (Lipinski definition) is 0. The van der Waals surface area contributed by atoms with Gasteiger partial charge in [-0.15, -0.1) is 0 Å². The Labute approximate surface area is 93.2 Å². The number of alkyl halides is 2. The van der Waals surface area contributed by atoms with Gasteiger partial charge in [0.05, 0.1) is 0 Å². The Morgan fingerprint density at radius 3 is 1.71 bits per heavy atom. The highest BCUT2D eigenvalue weighted by Gasteiger charge is 1.99. The molecule has 0 aliphatic rings. The summed E-state index contributed by atoms with van der Waals surface area (Å²) < 4.78 is 12.2. The molecule has 0 nitrogen and oxygen atoms in total. The van der Waals surface area contributed by atoms with Crippen LogP contribution in [0.4, 0.5) is 4.39 Å². The molecule has 2 heteroatoms. The molecule has 0 saturated heterocycles. The lowest BCUT2D eigenvalue weighted by Crippen LogP contribution is -1.88. The Kier molecular flexibility index (Phi) is 11.5. The Balaban J connectivity index is 2.85. The molecule has 14 heavy (non-hydrogen) atoms. The van der Waals surface area contributed by atoms with Crippen LogP contribution in [0.2, 0.25) is 0 Å². The molecule has 0 N–H and O–H groups in total. The molecule has 0 fully saturated rings. The van der Waals surface area contributed by atoms with Gasteiger partial charge in [0.15, 0.2) is 5.63 Å². The van der Waals surface area contributed by atoms with Crippen LogP contribution in [0.1, 0.15) is 71.1 Å². The summed E-state index contributed by atoms with van der Waals surface area (Å²) in [5.74, 6) is 0. The van der Waals surface area contributed by atoms with Crippen LogP contribution in [0.3, 0.4) is 0 Å². The van der Waals surface area contributed by atoms with Crippen molar-refractivity contribution in [3.63, 3.8) is 0 Å². The molecule has 0 spiro atoms. The fraction of sp³-hybridized carbons (Fsp3) is 1.00. The fourth-order valence-corrected chi connectivity index (χ4v) is 1.76. The molecule has 86 valence electrons. The van der Waals surface area contributed by atoms with Crippen LogP contribution in [-0.4, -0.2) is 5.63 Å². The summed E-state index contributed by atoms with van der Waals surface area (Å²) in [6, 6.07) is 0. The van der Waals surface area contributed by atoms with Crippen molar-refractivity contribution in [3.8, 4) is 0 Å². The summed E-state index contributed by atoms with van der Waals surface area (Å²) in [5, 5.41) is 0. The van der Waals surface area contributed by atoms with Gasteiger partial charge in [-0.1, -0.05) is 69.9 Å². The molecule has 1 unspecified atom stereocenters. The van der Waals surface area contributed by atoms with Crippen molar-refractivity contribution in [2.45, 2.75) is 76.8 Å². The molecule has 0 aromatic heterocycles. The van der Waals surface area contributed by atoms with Crippen LogP contribution in [0.25, 0.3) is 0 Å². The molecular weight excluding hydrogens is 199 g/mol. The molecule has 1 atom stereocenters. The molecule has 0 bridgehead atoms. The largest absolute Gasteiger partial charge is 0.230 e. The zero-order valence-electron chi connectivity index (χ0n) is 9.40. The topological polar surface area (TPSA) is 0 Å². The van der Waals surface area contributed by atoms with E-state index in [9.17, 15) is 4.39 Å². The summed E-state index contributed by atoms with van der Waals surface area (Å²) in [5.41, 5.74) is -1.13. The lowest BCUT2D eigenvalue weighted by atomic mass is 10.1. The van der Waals surface area contributed by atoms with Crippen LogP contribution < -0.4 is 0 Å². The fourth-order valence-electron chi connectivity index (χ4n) is 1.61. The van der Waals surface area contributed by atoms with Gasteiger partial charge in [0, 0.05) is 0 Å². The van der Waals surface area contributed by atoms with Crippen molar-refractivity contribution in [1.82, 2.24) is 0 Å². The third-order valence-electron chi connectivity index (χ3n) is 2.53. The molecule has 0 aliphatic carbocycles. The van der Waals surface area contributed by atoms with E-state index in [2.05, 4.69) is 6.92 Å². The predicted molar refractivity (Wildman–Crippen MR) is 62.6 cm³/mol. The minimum atomic E-state index is -1.13. The molecule has 0 heterocycles. The second-order valence-electron chi connectivity index (χ2n) is 4.01. The van der Waals surface area contributed by atoms with Crippen LogP contribution in [-0.2, 0) is 0 Å². The van der Waals surface area contributed by atoms with Crippen molar-refractivity contribution >= 4 is 11.6 Å². The maximum absolute atomic E-state index is 12.2. The molecule has 0 amide bonds. The second kappa shape index (κ2) is 11.3. The van der Waals surface area contributed by atoms with Crippen molar-refractivity contribution in [2.75, 3.05) is 0 Å². The molecule has 0 rings (SSSR count). The highest BCUT2D eigenvalue weighted by molar-refractivity contribution is 6.19. The predicted octanol–water partition coefficient (Wildman–Crippen LogP) is 5.44. The third kappa shape index (κ3) is 12.2. The van der Waals surface area contributed by atoms with Crippen LogP contribution in [0.15, 0.2) is 0 Å². The van der Waals surface area contributed by atoms with E-state index in [1.54, 1.807) is 0 Å². The summed E-state index contributed by atoms with van der Waals surface area (Å²) in [4.78, 5) is 0. The second-order valence-corrected chi connectivity index (χ2v) is 4.48. The summed E-state index contributed by atoms with van der Waals surface area (Å²) >= 11 is 5.21. The standard InChI is InChI=1S/C12H24ClF/c1-2-3-4-5-6-7-8-9-10-11-12(13)14/h12H,2-11H2,1H3. The van der Waals surface area contributed by atoms with Crippen LogP contribution in [0.5, 0.6) is 0 Å². The number of unbranched alkanes of at least 4 members (excludes halogenated alkanes) is 8. The smallest absolute Gasteiger partial charge is 0.173 e. The third-order valence-corrected chi connectivity index (χ3v) is 2.74. The van der Waals surface area contributed by atoms with Gasteiger partial charge in [0.1, 0.15) is 0 Å². The van der Waals surface area contributed by atoms with E-state index in [4.69, 9.17) is 11.6 Å². The van der Waals surface area contributed by atoms with Gasteiger partial charge in [0.2, 0.25) is 0 Å². The first-order valence-corrected chi connectivity index (χ1v) is 6.49. The first-order valence-electron chi connectivity index (χ1n) is 6.05. The number of hydrogen-bond acceptors (Lipinski definition) is 0. The van der Waals surface area contributed by atoms with Crippen molar-refractivity contribution < 1.29 is 4.39 Å². The normalized spacial score (nSPS) is 13.1. The summed E-state index contributed by atoms with van der Waals surface area (Å²) in [6.45, 7) is 2.24. The van der Waals surface area contributed by atoms with Gasteiger partial charge in [-0.25, -0.2) is 4.39 Å². The van der Waals surface area contributed by atoms with Gasteiger partial charge in [-0.05, 0) is 12.8 Å². The Bertz CT molecular complexity index is 104. The maximum atomic E-state index is 12.2. The maximum Gasteiger partial charge on any atom is 0.173 e. The SMILES string of the molecule is CCCCCCCCCCCC(F)Cl. The van der Waals surface area contributed by atoms with E-state index < -0.39 is 5.63 Å². The van der Waals surface area contributed by atoms with Gasteiger partial charge < -0.3 is 0 Å². The van der Waals surface area contributed by atoms with E-state index >= 15 is 0 Å². The average Bonchev–Trinajstić information content (AvgIpc) is 2.15. The van der Waals surface area contributed by atoms with Crippen molar-refractivity contribution in [2.24, 2.45) is 0 Å².